The van der Waals surface area contributed by atoms with Crippen molar-refractivity contribution < 1.29 is 4.79 Å². The molecule has 0 atom stereocenters. The molecule has 1 aliphatic carbocycles. The minimum atomic E-state index is -0.153. The summed E-state index contributed by atoms with van der Waals surface area (Å²) in [7, 11) is 1.81. The zero-order valence-corrected chi connectivity index (χ0v) is 19.7. The van der Waals surface area contributed by atoms with E-state index in [0.717, 1.165) is 40.0 Å². The second-order valence-corrected chi connectivity index (χ2v) is 9.07. The summed E-state index contributed by atoms with van der Waals surface area (Å²) < 4.78 is 4.06. The largest absolute Gasteiger partial charge is 0.352 e. The number of hydrogen-bond donors (Lipinski definition) is 2. The van der Waals surface area contributed by atoms with Crippen LogP contribution < -0.4 is 10.9 Å². The molecule has 0 bridgehead atoms. The van der Waals surface area contributed by atoms with Crippen LogP contribution in [0.5, 0.6) is 0 Å². The number of rotatable bonds is 7. The van der Waals surface area contributed by atoms with Gasteiger partial charge in [-0.05, 0) is 56.4 Å². The molecule has 1 aliphatic rings. The fraction of sp³-hybridized carbons (Fsp3) is 0.440. The first-order valence-corrected chi connectivity index (χ1v) is 11.7. The second-order valence-electron chi connectivity index (χ2n) is 9.07. The molecular weight excluding hydrogens is 416 g/mol. The van der Waals surface area contributed by atoms with E-state index in [-0.39, 0.29) is 17.9 Å². The Hall–Kier alpha value is -3.42. The van der Waals surface area contributed by atoms with Gasteiger partial charge in [-0.25, -0.2) is 4.98 Å². The van der Waals surface area contributed by atoms with Crippen LogP contribution in [0.15, 0.2) is 23.0 Å². The molecule has 2 N–H and O–H groups in total. The fourth-order valence-corrected chi connectivity index (χ4v) is 4.88. The van der Waals surface area contributed by atoms with Crippen LogP contribution in [0.4, 0.5) is 0 Å². The highest BCUT2D eigenvalue weighted by Crippen LogP contribution is 2.38. The number of aromatic amines is 1. The number of carbonyl (C=O) groups is 1. The summed E-state index contributed by atoms with van der Waals surface area (Å²) in [6, 6.07) is 6.85. The maximum Gasteiger partial charge on any atom is 0.253 e. The van der Waals surface area contributed by atoms with Crippen molar-refractivity contribution in [2.24, 2.45) is 7.05 Å². The quantitative estimate of drug-likeness (QED) is 0.455. The van der Waals surface area contributed by atoms with Crippen LogP contribution in [0.1, 0.15) is 60.4 Å². The van der Waals surface area contributed by atoms with E-state index in [9.17, 15) is 9.59 Å². The lowest BCUT2D eigenvalue weighted by Crippen LogP contribution is -2.24. The van der Waals surface area contributed by atoms with E-state index in [0.29, 0.717) is 30.2 Å². The summed E-state index contributed by atoms with van der Waals surface area (Å²) >= 11 is 0. The van der Waals surface area contributed by atoms with Crippen LogP contribution in [0.3, 0.4) is 0 Å². The highest BCUT2D eigenvalue weighted by Gasteiger charge is 2.27. The molecule has 0 radical (unpaired) electrons. The third kappa shape index (κ3) is 3.83. The molecule has 1 saturated carbocycles. The summed E-state index contributed by atoms with van der Waals surface area (Å²) in [5, 5.41) is 8.35. The van der Waals surface area contributed by atoms with Gasteiger partial charge in [0, 0.05) is 43.4 Å². The predicted octanol–water partition coefficient (Wildman–Crippen LogP) is 3.37. The van der Waals surface area contributed by atoms with Crippen molar-refractivity contribution in [1.29, 1.82) is 0 Å². The molecule has 0 unspecified atom stereocenters. The van der Waals surface area contributed by atoms with Crippen molar-refractivity contribution in [1.82, 2.24) is 29.6 Å². The maximum atomic E-state index is 12.6. The van der Waals surface area contributed by atoms with E-state index >= 15 is 0 Å². The second kappa shape index (κ2) is 8.17. The smallest absolute Gasteiger partial charge is 0.253 e. The van der Waals surface area contributed by atoms with Gasteiger partial charge in [0.1, 0.15) is 11.5 Å². The zero-order valence-electron chi connectivity index (χ0n) is 19.7. The van der Waals surface area contributed by atoms with Gasteiger partial charge in [-0.2, -0.15) is 5.10 Å². The number of amides is 1. The molecule has 1 aromatic carbocycles. The van der Waals surface area contributed by atoms with Crippen molar-refractivity contribution in [3.63, 3.8) is 0 Å². The Balaban J connectivity index is 1.26. The molecule has 4 aromatic rings. The molecule has 3 aromatic heterocycles. The van der Waals surface area contributed by atoms with Gasteiger partial charge >= 0.3 is 0 Å². The molecule has 8 heteroatoms. The van der Waals surface area contributed by atoms with Gasteiger partial charge in [-0.3, -0.25) is 14.3 Å². The summed E-state index contributed by atoms with van der Waals surface area (Å²) in [5.41, 5.74) is 6.18. The molecule has 8 nitrogen and oxygen atoms in total. The van der Waals surface area contributed by atoms with Gasteiger partial charge in [0.25, 0.3) is 5.56 Å². The van der Waals surface area contributed by atoms with Gasteiger partial charge in [-0.1, -0.05) is 13.0 Å². The molecule has 0 saturated heterocycles. The number of aryl methyl sites for hydroxylation is 4. The van der Waals surface area contributed by atoms with Gasteiger partial charge in [0.2, 0.25) is 5.91 Å². The third-order valence-electron chi connectivity index (χ3n) is 6.70. The Morgan fingerprint density at radius 1 is 1.27 bits per heavy atom. The number of nitrogens with one attached hydrogen (secondary N) is 2. The van der Waals surface area contributed by atoms with Crippen LogP contribution >= 0.6 is 0 Å². The first-order chi connectivity index (χ1) is 15.9. The number of aromatic nitrogens is 5. The minimum absolute atomic E-state index is 0.0744. The molecule has 1 amide bonds. The Bertz CT molecular complexity index is 1440. The SMILES string of the molecule is CCc1nc2cc(CNC(=O)CCc3c(C)c4c(C)nn(C)c4[nH]c3=O)ccc2n1C1CC1. The van der Waals surface area contributed by atoms with E-state index in [1.807, 2.05) is 20.9 Å². The van der Waals surface area contributed by atoms with Crippen molar-refractivity contribution in [2.45, 2.75) is 65.5 Å². The standard InChI is InChI=1S/C25H30N6O2/c1-5-21-27-19-12-16(6-10-20(19)31(21)17-7-8-17)13-26-22(32)11-9-18-14(2)23-15(3)29-30(4)24(23)28-25(18)33/h6,10,12,17H,5,7-9,11,13H2,1-4H3,(H,26,32)(H,28,33). The third-order valence-corrected chi connectivity index (χ3v) is 6.70. The Kier molecular flexibility index (Phi) is 5.31. The van der Waals surface area contributed by atoms with Crippen molar-refractivity contribution in [3.8, 4) is 0 Å². The number of benzene rings is 1. The molecule has 1 fully saturated rings. The number of carbonyl (C=O) groups excluding carboxylic acids is 1. The number of H-pyrrole nitrogens is 1. The number of pyridine rings is 1. The van der Waals surface area contributed by atoms with Crippen LogP contribution in [0, 0.1) is 13.8 Å². The molecular formula is C25H30N6O2. The summed E-state index contributed by atoms with van der Waals surface area (Å²) in [6.45, 7) is 6.45. The van der Waals surface area contributed by atoms with E-state index in [4.69, 9.17) is 4.98 Å². The van der Waals surface area contributed by atoms with E-state index in [1.54, 1.807) is 4.68 Å². The predicted molar refractivity (Wildman–Crippen MR) is 128 cm³/mol. The maximum absolute atomic E-state index is 12.6. The van der Waals surface area contributed by atoms with Gasteiger partial charge in [0.15, 0.2) is 0 Å². The van der Waals surface area contributed by atoms with Crippen LogP contribution in [0.25, 0.3) is 22.1 Å². The van der Waals surface area contributed by atoms with Gasteiger partial charge < -0.3 is 14.9 Å². The normalized spacial score (nSPS) is 13.8. The first kappa shape index (κ1) is 21.4. The zero-order chi connectivity index (χ0) is 23.3. The van der Waals surface area contributed by atoms with E-state index in [2.05, 4.69) is 45.1 Å². The summed E-state index contributed by atoms with van der Waals surface area (Å²) in [4.78, 5) is 32.9. The van der Waals surface area contributed by atoms with E-state index in [1.165, 1.54) is 18.4 Å². The minimum Gasteiger partial charge on any atom is -0.352 e. The lowest BCUT2D eigenvalue weighted by Gasteiger charge is -2.09. The molecule has 5 rings (SSSR count). The first-order valence-electron chi connectivity index (χ1n) is 11.7. The fourth-order valence-electron chi connectivity index (χ4n) is 4.88. The van der Waals surface area contributed by atoms with E-state index < -0.39 is 0 Å². The molecule has 33 heavy (non-hydrogen) atoms. The lowest BCUT2D eigenvalue weighted by molar-refractivity contribution is -0.121. The Labute approximate surface area is 192 Å². The average Bonchev–Trinajstić information content (AvgIpc) is 3.49. The molecule has 0 aliphatic heterocycles. The number of imidazole rings is 1. The number of nitrogens with zero attached hydrogens (tertiary/aromatic N) is 4. The Morgan fingerprint density at radius 2 is 2.06 bits per heavy atom. The van der Waals surface area contributed by atoms with Crippen LogP contribution in [0.2, 0.25) is 0 Å². The van der Waals surface area contributed by atoms with Gasteiger partial charge in [-0.15, -0.1) is 0 Å². The van der Waals surface area contributed by atoms with Crippen molar-refractivity contribution in [3.05, 3.63) is 56.8 Å². The topological polar surface area (TPSA) is 97.6 Å². The molecule has 3 heterocycles. The summed E-state index contributed by atoms with van der Waals surface area (Å²) in [5.74, 6) is 1.06. The van der Waals surface area contributed by atoms with Crippen molar-refractivity contribution >= 4 is 28.0 Å². The average molecular weight is 447 g/mol. The molecule has 0 spiro atoms. The Morgan fingerprint density at radius 3 is 2.79 bits per heavy atom. The highest BCUT2D eigenvalue weighted by atomic mass is 16.1. The van der Waals surface area contributed by atoms with Crippen LogP contribution in [-0.4, -0.2) is 30.2 Å². The van der Waals surface area contributed by atoms with Crippen LogP contribution in [-0.2, 0) is 31.2 Å². The van der Waals surface area contributed by atoms with Crippen molar-refractivity contribution in [2.75, 3.05) is 0 Å². The van der Waals surface area contributed by atoms with Gasteiger partial charge in [0.05, 0.1) is 16.7 Å². The lowest BCUT2D eigenvalue weighted by atomic mass is 10.0. The highest BCUT2D eigenvalue weighted by molar-refractivity contribution is 5.83. The number of hydrogen-bond acceptors (Lipinski definition) is 4. The molecule has 172 valence electrons. The number of fused-ring (bicyclic) bond motifs is 2. The monoisotopic (exact) mass is 446 g/mol. The summed E-state index contributed by atoms with van der Waals surface area (Å²) in [6.07, 6.45) is 4.02.